The molecule has 10 heteroatoms. The lowest BCUT2D eigenvalue weighted by Crippen LogP contribution is -2.58. The number of carbonyl (C=O) groups is 4. The van der Waals surface area contributed by atoms with Crippen LogP contribution in [0.1, 0.15) is 59.3 Å². The average molecular weight is 472 g/mol. The summed E-state index contributed by atoms with van der Waals surface area (Å²) in [5.41, 5.74) is -0.652. The second-order valence-corrected chi connectivity index (χ2v) is 10.2. The molecule has 182 valence electrons. The Bertz CT molecular complexity index is 696. The predicted molar refractivity (Wildman–Crippen MR) is 122 cm³/mol. The van der Waals surface area contributed by atoms with E-state index in [0.29, 0.717) is 44.5 Å². The van der Waals surface area contributed by atoms with Crippen molar-refractivity contribution in [2.75, 3.05) is 32.2 Å². The summed E-state index contributed by atoms with van der Waals surface area (Å²) in [7, 11) is 1.29. The van der Waals surface area contributed by atoms with Gasteiger partial charge in [-0.15, -0.1) is 0 Å². The highest BCUT2D eigenvalue weighted by molar-refractivity contribution is 7.98. The molecular formula is C22H37N3O6S. The minimum atomic E-state index is -0.747. The highest BCUT2D eigenvalue weighted by Gasteiger charge is 2.42. The minimum absolute atomic E-state index is 0.230. The first-order valence-electron chi connectivity index (χ1n) is 11.3. The number of nitrogens with zero attached hydrogens (tertiary/aromatic N) is 2. The van der Waals surface area contributed by atoms with Gasteiger partial charge in [0.15, 0.2) is 0 Å². The lowest BCUT2D eigenvalue weighted by molar-refractivity contribution is -0.149. The monoisotopic (exact) mass is 471 g/mol. The van der Waals surface area contributed by atoms with Gasteiger partial charge in [-0.25, -0.2) is 9.59 Å². The summed E-state index contributed by atoms with van der Waals surface area (Å²) >= 11 is 1.58. The Hall–Kier alpha value is -1.97. The van der Waals surface area contributed by atoms with Crippen molar-refractivity contribution in [3.8, 4) is 0 Å². The molecule has 2 aliphatic heterocycles. The van der Waals surface area contributed by atoms with Crippen molar-refractivity contribution in [2.45, 2.75) is 83.0 Å². The molecule has 2 saturated heterocycles. The largest absolute Gasteiger partial charge is 0.467 e. The second kappa shape index (κ2) is 11.8. The van der Waals surface area contributed by atoms with Gasteiger partial charge in [0.2, 0.25) is 11.8 Å². The average Bonchev–Trinajstić information content (AvgIpc) is 3.24. The quantitative estimate of drug-likeness (QED) is 0.567. The second-order valence-electron chi connectivity index (χ2n) is 9.24. The maximum atomic E-state index is 13.4. The molecule has 0 radical (unpaired) electrons. The number of thioether (sulfide) groups is 1. The van der Waals surface area contributed by atoms with Gasteiger partial charge in [0, 0.05) is 13.1 Å². The van der Waals surface area contributed by atoms with Crippen LogP contribution in [0.3, 0.4) is 0 Å². The van der Waals surface area contributed by atoms with Gasteiger partial charge in [-0.1, -0.05) is 0 Å². The fourth-order valence-electron chi connectivity index (χ4n) is 4.12. The molecule has 9 nitrogen and oxygen atoms in total. The molecule has 3 amide bonds. The summed E-state index contributed by atoms with van der Waals surface area (Å²) in [6.07, 6.45) is 5.26. The van der Waals surface area contributed by atoms with Crippen LogP contribution in [0.4, 0.5) is 4.79 Å². The number of piperidine rings is 1. The molecule has 32 heavy (non-hydrogen) atoms. The zero-order valence-electron chi connectivity index (χ0n) is 19.8. The van der Waals surface area contributed by atoms with Crippen molar-refractivity contribution in [3.05, 3.63) is 0 Å². The molecule has 1 N–H and O–H groups in total. The number of methoxy groups -OCH3 is 1. The van der Waals surface area contributed by atoms with Gasteiger partial charge in [-0.2, -0.15) is 11.8 Å². The summed E-state index contributed by atoms with van der Waals surface area (Å²) < 4.78 is 10.3. The summed E-state index contributed by atoms with van der Waals surface area (Å²) in [5, 5.41) is 2.79. The van der Waals surface area contributed by atoms with E-state index in [-0.39, 0.29) is 11.8 Å². The number of esters is 1. The van der Waals surface area contributed by atoms with E-state index >= 15 is 0 Å². The van der Waals surface area contributed by atoms with E-state index in [1.54, 1.807) is 37.4 Å². The SMILES string of the molecule is COC(=O)[C@H](CCSC)NC(=O)C1CCCCN1C(=O)[C@@H]1CCCN1C(=O)OC(C)(C)C. The van der Waals surface area contributed by atoms with Crippen molar-refractivity contribution in [1.29, 1.82) is 0 Å². The third-order valence-corrected chi connectivity index (χ3v) is 6.31. The normalized spacial score (nSPS) is 22.3. The van der Waals surface area contributed by atoms with Gasteiger partial charge < -0.3 is 19.7 Å². The van der Waals surface area contributed by atoms with Crippen LogP contribution in [0.5, 0.6) is 0 Å². The molecule has 3 atom stereocenters. The van der Waals surface area contributed by atoms with Crippen LogP contribution in [-0.2, 0) is 23.9 Å². The fraction of sp³-hybridized carbons (Fsp3) is 0.818. The number of amides is 3. The van der Waals surface area contributed by atoms with Crippen molar-refractivity contribution in [1.82, 2.24) is 15.1 Å². The third-order valence-electron chi connectivity index (χ3n) is 5.67. The molecule has 2 heterocycles. The molecule has 0 aromatic heterocycles. The molecule has 0 spiro atoms. The number of carbonyl (C=O) groups excluding carboxylic acids is 4. The summed E-state index contributed by atoms with van der Waals surface area (Å²) in [6.45, 7) is 6.27. The Morgan fingerprint density at radius 2 is 1.69 bits per heavy atom. The number of hydrogen-bond acceptors (Lipinski definition) is 7. The highest BCUT2D eigenvalue weighted by atomic mass is 32.2. The first kappa shape index (κ1) is 26.3. The predicted octanol–water partition coefficient (Wildman–Crippen LogP) is 2.18. The number of rotatable bonds is 7. The van der Waals surface area contributed by atoms with E-state index < -0.39 is 35.8 Å². The Balaban J connectivity index is 2.12. The van der Waals surface area contributed by atoms with Crippen molar-refractivity contribution in [2.24, 2.45) is 0 Å². The molecule has 2 rings (SSSR count). The number of nitrogens with one attached hydrogen (secondary N) is 1. The molecule has 0 bridgehead atoms. The van der Waals surface area contributed by atoms with Crippen molar-refractivity contribution >= 4 is 35.6 Å². The first-order valence-corrected chi connectivity index (χ1v) is 12.7. The van der Waals surface area contributed by atoms with Crippen LogP contribution in [0.15, 0.2) is 0 Å². The van der Waals surface area contributed by atoms with Gasteiger partial charge in [-0.3, -0.25) is 14.5 Å². The standard InChI is InChI=1S/C22H37N3O6S/c1-22(2,3)31-21(29)25-13-8-10-17(25)19(27)24-12-7-6-9-16(24)18(26)23-15(11-14-32-5)20(28)30-4/h15-17H,6-14H2,1-5H3,(H,23,26)/t15-,16?,17-/m0/s1. The van der Waals surface area contributed by atoms with Crippen molar-refractivity contribution in [3.63, 3.8) is 0 Å². The molecule has 0 aliphatic carbocycles. The van der Waals surface area contributed by atoms with Gasteiger partial charge in [0.1, 0.15) is 23.7 Å². The summed E-state index contributed by atoms with van der Waals surface area (Å²) in [4.78, 5) is 54.3. The number of ether oxygens (including phenoxy) is 2. The third kappa shape index (κ3) is 7.02. The smallest absolute Gasteiger partial charge is 0.410 e. The zero-order chi connectivity index (χ0) is 23.9. The van der Waals surface area contributed by atoms with Crippen LogP contribution in [0.2, 0.25) is 0 Å². The van der Waals surface area contributed by atoms with Gasteiger partial charge in [-0.05, 0) is 71.3 Å². The Morgan fingerprint density at radius 1 is 1.03 bits per heavy atom. The lowest BCUT2D eigenvalue weighted by Gasteiger charge is -2.38. The van der Waals surface area contributed by atoms with E-state index in [0.717, 1.165) is 12.8 Å². The van der Waals surface area contributed by atoms with Gasteiger partial charge >= 0.3 is 12.1 Å². The molecule has 0 aromatic carbocycles. The number of hydrogen-bond donors (Lipinski definition) is 1. The Kier molecular flexibility index (Phi) is 9.66. The van der Waals surface area contributed by atoms with E-state index in [2.05, 4.69) is 5.32 Å². The van der Waals surface area contributed by atoms with E-state index in [1.165, 1.54) is 12.0 Å². The van der Waals surface area contributed by atoms with E-state index in [1.807, 2.05) is 6.26 Å². The molecule has 2 aliphatic rings. The summed E-state index contributed by atoms with van der Waals surface area (Å²) in [6, 6.07) is -2.05. The van der Waals surface area contributed by atoms with E-state index in [4.69, 9.17) is 9.47 Å². The van der Waals surface area contributed by atoms with Crippen LogP contribution in [0, 0.1) is 0 Å². The van der Waals surface area contributed by atoms with Crippen LogP contribution in [-0.4, -0.2) is 89.6 Å². The molecule has 2 fully saturated rings. The van der Waals surface area contributed by atoms with Crippen molar-refractivity contribution < 1.29 is 28.7 Å². The maximum absolute atomic E-state index is 13.4. The van der Waals surface area contributed by atoms with Crippen LogP contribution < -0.4 is 5.32 Å². The number of likely N-dealkylation sites (tertiary alicyclic amines) is 2. The zero-order valence-corrected chi connectivity index (χ0v) is 20.7. The first-order chi connectivity index (χ1) is 15.1. The Labute approximate surface area is 194 Å². The van der Waals surface area contributed by atoms with E-state index in [9.17, 15) is 19.2 Å². The molecule has 0 aromatic rings. The lowest BCUT2D eigenvalue weighted by atomic mass is 9.99. The maximum Gasteiger partial charge on any atom is 0.410 e. The Morgan fingerprint density at radius 3 is 2.31 bits per heavy atom. The molecule has 1 unspecified atom stereocenters. The van der Waals surface area contributed by atoms with Gasteiger partial charge in [0.05, 0.1) is 7.11 Å². The fourth-order valence-corrected chi connectivity index (χ4v) is 4.59. The van der Waals surface area contributed by atoms with Gasteiger partial charge in [0.25, 0.3) is 0 Å². The molecular weight excluding hydrogens is 434 g/mol. The van der Waals surface area contributed by atoms with Crippen LogP contribution >= 0.6 is 11.8 Å². The topological polar surface area (TPSA) is 105 Å². The summed E-state index contributed by atoms with van der Waals surface area (Å²) in [5.74, 6) is -0.378. The molecule has 0 saturated carbocycles. The van der Waals surface area contributed by atoms with Crippen LogP contribution in [0.25, 0.3) is 0 Å². The minimum Gasteiger partial charge on any atom is -0.467 e. The highest BCUT2D eigenvalue weighted by Crippen LogP contribution is 2.26.